The van der Waals surface area contributed by atoms with Gasteiger partial charge in [-0.1, -0.05) is 17.7 Å². The number of methoxy groups -OCH3 is 2. The predicted octanol–water partition coefficient (Wildman–Crippen LogP) is 3.24. The van der Waals surface area contributed by atoms with Crippen LogP contribution in [0.5, 0.6) is 11.5 Å². The van der Waals surface area contributed by atoms with Gasteiger partial charge >= 0.3 is 22.1 Å². The van der Waals surface area contributed by atoms with Gasteiger partial charge in [0.2, 0.25) is 0 Å². The summed E-state index contributed by atoms with van der Waals surface area (Å²) >= 11 is 5.79. The highest BCUT2D eigenvalue weighted by molar-refractivity contribution is 7.87. The fourth-order valence-electron chi connectivity index (χ4n) is 2.31. The van der Waals surface area contributed by atoms with Crippen molar-refractivity contribution in [1.29, 1.82) is 0 Å². The minimum Gasteiger partial charge on any atom is -0.490 e. The number of carbonyl (C=O) groups excluding carboxylic acids is 2. The average molecular weight is 455 g/mol. The minimum atomic E-state index is -4.14. The van der Waals surface area contributed by atoms with Gasteiger partial charge in [0.15, 0.2) is 11.5 Å². The van der Waals surface area contributed by atoms with E-state index >= 15 is 0 Å². The van der Waals surface area contributed by atoms with E-state index in [9.17, 15) is 18.0 Å². The van der Waals surface area contributed by atoms with E-state index in [1.807, 2.05) is 0 Å². The third-order valence-corrected chi connectivity index (χ3v) is 5.19. The molecule has 160 valence electrons. The molecule has 0 heterocycles. The van der Waals surface area contributed by atoms with Crippen LogP contribution in [0, 0.1) is 0 Å². The summed E-state index contributed by atoms with van der Waals surface area (Å²) in [6, 6.07) is 9.69. The topological polar surface area (TPSA) is 105 Å². The van der Waals surface area contributed by atoms with Crippen LogP contribution in [0.4, 0.5) is 0 Å². The Kier molecular flexibility index (Phi) is 7.85. The Bertz CT molecular complexity index is 1040. The lowest BCUT2D eigenvalue weighted by molar-refractivity contribution is -0.143. The maximum Gasteiger partial charge on any atom is 0.345 e. The molecule has 0 amide bonds. The van der Waals surface area contributed by atoms with E-state index in [1.54, 1.807) is 6.92 Å². The first-order valence-corrected chi connectivity index (χ1v) is 10.4. The molecule has 0 radical (unpaired) electrons. The van der Waals surface area contributed by atoms with Gasteiger partial charge in [-0.05, 0) is 55.0 Å². The van der Waals surface area contributed by atoms with Crippen LogP contribution in [-0.4, -0.2) is 41.2 Å². The van der Waals surface area contributed by atoms with Crippen LogP contribution in [0.2, 0.25) is 5.02 Å². The maximum absolute atomic E-state index is 12.5. The third kappa shape index (κ3) is 5.74. The van der Waals surface area contributed by atoms with E-state index in [0.717, 1.165) is 14.2 Å². The van der Waals surface area contributed by atoms with Crippen molar-refractivity contribution in [2.45, 2.75) is 11.8 Å². The van der Waals surface area contributed by atoms with Crippen molar-refractivity contribution in [2.24, 2.45) is 0 Å². The first-order chi connectivity index (χ1) is 14.2. The lowest BCUT2D eigenvalue weighted by atomic mass is 10.1. The van der Waals surface area contributed by atoms with E-state index in [4.69, 9.17) is 20.5 Å². The van der Waals surface area contributed by atoms with E-state index in [1.165, 1.54) is 48.5 Å². The molecule has 0 N–H and O–H groups in total. The molecule has 8 nitrogen and oxygen atoms in total. The van der Waals surface area contributed by atoms with Gasteiger partial charge in [0.05, 0.1) is 20.8 Å². The molecule has 10 heteroatoms. The molecule has 2 rings (SSSR count). The summed E-state index contributed by atoms with van der Waals surface area (Å²) in [5.74, 6) is -1.74. The number of halogens is 1. The summed E-state index contributed by atoms with van der Waals surface area (Å²) in [5, 5.41) is 0.382. The Balaban J connectivity index is 2.43. The highest BCUT2D eigenvalue weighted by Crippen LogP contribution is 2.32. The summed E-state index contributed by atoms with van der Waals surface area (Å²) in [6.45, 7) is 1.92. The van der Waals surface area contributed by atoms with E-state index in [-0.39, 0.29) is 28.6 Å². The second-order valence-electron chi connectivity index (χ2n) is 5.67. The summed E-state index contributed by atoms with van der Waals surface area (Å²) in [7, 11) is -1.89. The number of esters is 2. The van der Waals surface area contributed by atoms with Crippen molar-refractivity contribution in [3.8, 4) is 11.5 Å². The number of carbonyl (C=O) groups is 2. The third-order valence-electron chi connectivity index (χ3n) is 3.69. The number of benzene rings is 2. The highest BCUT2D eigenvalue weighted by Gasteiger charge is 2.22. The minimum absolute atomic E-state index is 0.0679. The van der Waals surface area contributed by atoms with Crippen LogP contribution in [0.1, 0.15) is 12.5 Å². The molecule has 0 saturated heterocycles. The van der Waals surface area contributed by atoms with Crippen molar-refractivity contribution < 1.29 is 36.4 Å². The summed E-state index contributed by atoms with van der Waals surface area (Å²) in [5.41, 5.74) is 0.0189. The van der Waals surface area contributed by atoms with Crippen LogP contribution in [0.3, 0.4) is 0 Å². The fraction of sp³-hybridized carbons (Fsp3) is 0.200. The molecule has 30 heavy (non-hydrogen) atoms. The molecule has 0 atom stereocenters. The van der Waals surface area contributed by atoms with Crippen molar-refractivity contribution in [3.05, 3.63) is 58.6 Å². The Hall–Kier alpha value is -3.04. The molecule has 0 fully saturated rings. The summed E-state index contributed by atoms with van der Waals surface area (Å²) in [6.07, 6.45) is 1.23. The van der Waals surface area contributed by atoms with Crippen LogP contribution < -0.4 is 8.92 Å². The summed E-state index contributed by atoms with van der Waals surface area (Å²) < 4.78 is 44.9. The average Bonchev–Trinajstić information content (AvgIpc) is 2.73. The largest absolute Gasteiger partial charge is 0.490 e. The normalized spacial score (nSPS) is 10.7. The van der Waals surface area contributed by atoms with Crippen molar-refractivity contribution in [2.75, 3.05) is 20.8 Å². The molecule has 0 saturated carbocycles. The van der Waals surface area contributed by atoms with Gasteiger partial charge in [0, 0.05) is 5.02 Å². The van der Waals surface area contributed by atoms with Crippen LogP contribution in [0.15, 0.2) is 52.9 Å². The Morgan fingerprint density at radius 2 is 1.57 bits per heavy atom. The molecule has 0 bridgehead atoms. The lowest BCUT2D eigenvalue weighted by Gasteiger charge is -2.13. The van der Waals surface area contributed by atoms with Gasteiger partial charge in [-0.2, -0.15) is 8.42 Å². The molecule has 0 aliphatic carbocycles. The molecular weight excluding hydrogens is 436 g/mol. The molecule has 0 aliphatic heterocycles. The van der Waals surface area contributed by atoms with Crippen molar-refractivity contribution in [1.82, 2.24) is 0 Å². The van der Waals surface area contributed by atoms with E-state index in [0.29, 0.717) is 10.6 Å². The number of hydrogen-bond acceptors (Lipinski definition) is 8. The highest BCUT2D eigenvalue weighted by atomic mass is 35.5. The van der Waals surface area contributed by atoms with Gasteiger partial charge < -0.3 is 18.4 Å². The molecule has 0 aliphatic rings. The van der Waals surface area contributed by atoms with Gasteiger partial charge in [0.25, 0.3) is 0 Å². The van der Waals surface area contributed by atoms with E-state index < -0.39 is 22.1 Å². The molecule has 2 aromatic carbocycles. The molecule has 2 aromatic rings. The molecule has 0 spiro atoms. The van der Waals surface area contributed by atoms with Gasteiger partial charge in [-0.25, -0.2) is 9.59 Å². The zero-order chi connectivity index (χ0) is 22.3. The zero-order valence-electron chi connectivity index (χ0n) is 16.4. The Morgan fingerprint density at radius 3 is 2.10 bits per heavy atom. The standard InChI is InChI=1S/C20H19ClO8S/c1-4-28-18-12-13(11-16(19(22)26-2)20(23)27-3)5-10-17(18)29-30(24,25)15-8-6-14(21)7-9-15/h5-12H,4H2,1-3H3. The van der Waals surface area contributed by atoms with Crippen LogP contribution in [0.25, 0.3) is 6.08 Å². The SMILES string of the molecule is CCOc1cc(C=C(C(=O)OC)C(=O)OC)ccc1OS(=O)(=O)c1ccc(Cl)cc1. The molecule has 0 aromatic heterocycles. The maximum atomic E-state index is 12.5. The summed E-state index contributed by atoms with van der Waals surface area (Å²) in [4.78, 5) is 23.6. The van der Waals surface area contributed by atoms with Crippen LogP contribution in [-0.2, 0) is 29.2 Å². The lowest BCUT2D eigenvalue weighted by Crippen LogP contribution is -2.15. The van der Waals surface area contributed by atoms with Gasteiger partial charge in [0.1, 0.15) is 10.5 Å². The molecule has 0 unspecified atom stereocenters. The van der Waals surface area contributed by atoms with Crippen LogP contribution >= 0.6 is 11.6 Å². The number of ether oxygens (including phenoxy) is 3. The second kappa shape index (κ2) is 10.1. The quantitative estimate of drug-likeness (QED) is 0.197. The Morgan fingerprint density at radius 1 is 0.967 bits per heavy atom. The van der Waals surface area contributed by atoms with Gasteiger partial charge in [-0.15, -0.1) is 0 Å². The predicted molar refractivity (Wildman–Crippen MR) is 109 cm³/mol. The fourth-order valence-corrected chi connectivity index (χ4v) is 3.37. The van der Waals surface area contributed by atoms with Gasteiger partial charge in [-0.3, -0.25) is 0 Å². The Labute approximate surface area is 179 Å². The van der Waals surface area contributed by atoms with E-state index in [2.05, 4.69) is 9.47 Å². The number of rotatable bonds is 8. The first kappa shape index (κ1) is 23.2. The zero-order valence-corrected chi connectivity index (χ0v) is 18.0. The first-order valence-electron chi connectivity index (χ1n) is 8.57. The van der Waals surface area contributed by atoms with Crippen molar-refractivity contribution in [3.63, 3.8) is 0 Å². The molecular formula is C20H19ClO8S. The van der Waals surface area contributed by atoms with Crippen molar-refractivity contribution >= 4 is 39.7 Å². The second-order valence-corrected chi connectivity index (χ2v) is 7.65. The number of hydrogen-bond donors (Lipinski definition) is 0. The monoisotopic (exact) mass is 454 g/mol. The smallest absolute Gasteiger partial charge is 0.345 e.